The Morgan fingerprint density at radius 1 is 1.22 bits per heavy atom. The molecule has 0 saturated heterocycles. The minimum Gasteiger partial charge on any atom is -0.397 e. The average Bonchev–Trinajstić information content (AvgIpc) is 2.28. The maximum atomic E-state index is 5.65. The summed E-state index contributed by atoms with van der Waals surface area (Å²) in [5, 5.41) is 0. The van der Waals surface area contributed by atoms with Crippen LogP contribution in [0.3, 0.4) is 0 Å². The number of hydrogen-bond acceptors (Lipinski definition) is 4. The molecule has 0 unspecified atom stereocenters. The summed E-state index contributed by atoms with van der Waals surface area (Å²) in [5.74, 6) is 0.668. The summed E-state index contributed by atoms with van der Waals surface area (Å²) in [4.78, 5) is 9.03. The lowest BCUT2D eigenvalue weighted by atomic mass is 10.2. The fourth-order valence-electron chi connectivity index (χ4n) is 1.85. The van der Waals surface area contributed by atoms with Crippen LogP contribution in [0.25, 0.3) is 0 Å². The Labute approximate surface area is 111 Å². The summed E-state index contributed by atoms with van der Waals surface area (Å²) in [6.45, 7) is 8.63. The lowest BCUT2D eigenvalue weighted by Gasteiger charge is -2.25. The summed E-state index contributed by atoms with van der Waals surface area (Å²) in [7, 11) is 4.21. The quantitative estimate of drug-likeness (QED) is 0.800. The van der Waals surface area contributed by atoms with Crippen molar-refractivity contribution in [2.45, 2.75) is 20.4 Å². The van der Waals surface area contributed by atoms with Gasteiger partial charge in [-0.3, -0.25) is 9.88 Å². The van der Waals surface area contributed by atoms with Gasteiger partial charge in [0.2, 0.25) is 0 Å². The SMILES string of the molecule is CC(C)CN(CCN(C)C)Cc1ccc(N)cn1. The van der Waals surface area contributed by atoms with Crippen LogP contribution in [0.2, 0.25) is 0 Å². The highest BCUT2D eigenvalue weighted by Gasteiger charge is 2.09. The first-order valence-electron chi connectivity index (χ1n) is 6.55. The third-order valence-electron chi connectivity index (χ3n) is 2.72. The molecule has 4 nitrogen and oxygen atoms in total. The molecule has 0 aliphatic carbocycles. The molecule has 1 heterocycles. The van der Waals surface area contributed by atoms with Crippen LogP contribution in [0.4, 0.5) is 5.69 Å². The van der Waals surface area contributed by atoms with E-state index in [1.54, 1.807) is 6.20 Å². The summed E-state index contributed by atoms with van der Waals surface area (Å²) in [6, 6.07) is 3.93. The van der Waals surface area contributed by atoms with Crippen LogP contribution in [0.1, 0.15) is 19.5 Å². The lowest BCUT2D eigenvalue weighted by Crippen LogP contribution is -2.34. The van der Waals surface area contributed by atoms with Gasteiger partial charge in [-0.2, -0.15) is 0 Å². The first-order chi connectivity index (χ1) is 8.47. The Balaban J connectivity index is 2.56. The summed E-state index contributed by atoms with van der Waals surface area (Å²) in [5.41, 5.74) is 7.47. The van der Waals surface area contributed by atoms with E-state index >= 15 is 0 Å². The van der Waals surface area contributed by atoms with Crippen molar-refractivity contribution in [3.63, 3.8) is 0 Å². The molecule has 1 aromatic rings. The molecule has 2 N–H and O–H groups in total. The molecule has 0 aliphatic rings. The highest BCUT2D eigenvalue weighted by molar-refractivity contribution is 5.34. The third-order valence-corrected chi connectivity index (χ3v) is 2.72. The van der Waals surface area contributed by atoms with Gasteiger partial charge in [-0.15, -0.1) is 0 Å². The predicted molar refractivity (Wildman–Crippen MR) is 77.3 cm³/mol. The van der Waals surface area contributed by atoms with Crippen LogP contribution < -0.4 is 5.73 Å². The van der Waals surface area contributed by atoms with Crippen molar-refractivity contribution in [1.29, 1.82) is 0 Å². The fourth-order valence-corrected chi connectivity index (χ4v) is 1.85. The predicted octanol–water partition coefficient (Wildman–Crippen LogP) is 1.68. The molecule has 0 amide bonds. The average molecular weight is 250 g/mol. The summed E-state index contributed by atoms with van der Waals surface area (Å²) in [6.07, 6.45) is 1.73. The molecule has 102 valence electrons. The maximum absolute atomic E-state index is 5.65. The first kappa shape index (κ1) is 14.9. The number of nitrogens with zero attached hydrogens (tertiary/aromatic N) is 3. The van der Waals surface area contributed by atoms with Crippen molar-refractivity contribution < 1.29 is 0 Å². The van der Waals surface area contributed by atoms with Crippen molar-refractivity contribution in [2.75, 3.05) is 39.5 Å². The van der Waals surface area contributed by atoms with E-state index in [1.807, 2.05) is 12.1 Å². The Bertz CT molecular complexity index is 332. The third kappa shape index (κ3) is 5.98. The molecule has 0 bridgehead atoms. The van der Waals surface area contributed by atoms with E-state index in [9.17, 15) is 0 Å². The molecule has 0 spiro atoms. The van der Waals surface area contributed by atoms with Crippen molar-refractivity contribution in [1.82, 2.24) is 14.8 Å². The van der Waals surface area contributed by atoms with E-state index in [-0.39, 0.29) is 0 Å². The molecular formula is C14H26N4. The van der Waals surface area contributed by atoms with Crippen LogP contribution >= 0.6 is 0 Å². The van der Waals surface area contributed by atoms with Gasteiger partial charge < -0.3 is 10.6 Å². The topological polar surface area (TPSA) is 45.4 Å². The second kappa shape index (κ2) is 7.34. The number of rotatable bonds is 7. The van der Waals surface area contributed by atoms with Gasteiger partial charge in [0.15, 0.2) is 0 Å². The van der Waals surface area contributed by atoms with E-state index in [4.69, 9.17) is 5.73 Å². The van der Waals surface area contributed by atoms with Gasteiger partial charge in [0, 0.05) is 26.2 Å². The molecule has 1 rings (SSSR count). The summed E-state index contributed by atoms with van der Waals surface area (Å²) < 4.78 is 0. The van der Waals surface area contributed by atoms with E-state index in [0.29, 0.717) is 5.92 Å². The highest BCUT2D eigenvalue weighted by Crippen LogP contribution is 2.07. The monoisotopic (exact) mass is 250 g/mol. The van der Waals surface area contributed by atoms with Gasteiger partial charge in [-0.1, -0.05) is 13.8 Å². The number of pyridine rings is 1. The zero-order chi connectivity index (χ0) is 13.5. The molecule has 0 aromatic carbocycles. The normalized spacial score (nSPS) is 11.7. The standard InChI is InChI=1S/C14H26N4/c1-12(2)10-18(8-7-17(3)4)11-14-6-5-13(15)9-16-14/h5-6,9,12H,7-8,10-11,15H2,1-4H3. The molecule has 1 aromatic heterocycles. The zero-order valence-electron chi connectivity index (χ0n) is 12.1. The van der Waals surface area contributed by atoms with Crippen LogP contribution in [0.5, 0.6) is 0 Å². The first-order valence-corrected chi connectivity index (χ1v) is 6.55. The Hall–Kier alpha value is -1.13. The minimum absolute atomic E-state index is 0.668. The largest absolute Gasteiger partial charge is 0.397 e. The molecule has 0 fully saturated rings. The second-order valence-electron chi connectivity index (χ2n) is 5.52. The Morgan fingerprint density at radius 2 is 1.94 bits per heavy atom. The van der Waals surface area contributed by atoms with Crippen LogP contribution in [0.15, 0.2) is 18.3 Å². The number of nitrogens with two attached hydrogens (primary N) is 1. The fraction of sp³-hybridized carbons (Fsp3) is 0.643. The van der Waals surface area contributed by atoms with Gasteiger partial charge in [0.05, 0.1) is 17.6 Å². The van der Waals surface area contributed by atoms with Gasteiger partial charge in [0.25, 0.3) is 0 Å². The van der Waals surface area contributed by atoms with Crippen molar-refractivity contribution in [3.8, 4) is 0 Å². The van der Waals surface area contributed by atoms with E-state index < -0.39 is 0 Å². The molecule has 0 radical (unpaired) electrons. The smallest absolute Gasteiger partial charge is 0.0545 e. The van der Waals surface area contributed by atoms with Crippen LogP contribution in [-0.2, 0) is 6.54 Å². The van der Waals surface area contributed by atoms with Gasteiger partial charge in [-0.25, -0.2) is 0 Å². The maximum Gasteiger partial charge on any atom is 0.0545 e. The molecule has 0 saturated carbocycles. The van der Waals surface area contributed by atoms with Gasteiger partial charge in [-0.05, 0) is 32.1 Å². The molecule has 0 aliphatic heterocycles. The van der Waals surface area contributed by atoms with E-state index in [1.165, 1.54) is 0 Å². The number of aromatic nitrogens is 1. The number of anilines is 1. The van der Waals surface area contributed by atoms with E-state index in [0.717, 1.165) is 37.6 Å². The van der Waals surface area contributed by atoms with Crippen LogP contribution in [-0.4, -0.2) is 48.5 Å². The van der Waals surface area contributed by atoms with Crippen molar-refractivity contribution >= 4 is 5.69 Å². The lowest BCUT2D eigenvalue weighted by molar-refractivity contribution is 0.209. The van der Waals surface area contributed by atoms with Crippen LogP contribution in [0, 0.1) is 5.92 Å². The number of hydrogen-bond donors (Lipinski definition) is 1. The molecule has 0 atom stereocenters. The number of nitrogen functional groups attached to an aromatic ring is 1. The van der Waals surface area contributed by atoms with E-state index in [2.05, 4.69) is 42.7 Å². The minimum atomic E-state index is 0.668. The Morgan fingerprint density at radius 3 is 2.44 bits per heavy atom. The zero-order valence-corrected chi connectivity index (χ0v) is 12.1. The Kier molecular flexibility index (Phi) is 6.09. The van der Waals surface area contributed by atoms with Gasteiger partial charge in [0.1, 0.15) is 0 Å². The second-order valence-corrected chi connectivity index (χ2v) is 5.52. The highest BCUT2D eigenvalue weighted by atomic mass is 15.2. The molecule has 18 heavy (non-hydrogen) atoms. The number of likely N-dealkylation sites (N-methyl/N-ethyl adjacent to an activating group) is 1. The summed E-state index contributed by atoms with van der Waals surface area (Å²) >= 11 is 0. The van der Waals surface area contributed by atoms with Crippen molar-refractivity contribution in [2.24, 2.45) is 5.92 Å². The molecule has 4 heteroatoms. The van der Waals surface area contributed by atoms with Crippen molar-refractivity contribution in [3.05, 3.63) is 24.0 Å². The van der Waals surface area contributed by atoms with Gasteiger partial charge >= 0.3 is 0 Å². The molecular weight excluding hydrogens is 224 g/mol.